The van der Waals surface area contributed by atoms with E-state index < -0.39 is 0 Å². The smallest absolute Gasteiger partial charge is 0.227 e. The number of hydrogen-bond donors (Lipinski definition) is 1. The molecule has 0 aliphatic carbocycles. The van der Waals surface area contributed by atoms with Crippen molar-refractivity contribution in [3.8, 4) is 11.4 Å². The minimum atomic E-state index is -0.328. The molecule has 2 heterocycles. The fourth-order valence-electron chi connectivity index (χ4n) is 2.47. The zero-order valence-electron chi connectivity index (χ0n) is 13.5. The minimum absolute atomic E-state index is 0.144. The number of benzene rings is 2. The van der Waals surface area contributed by atoms with E-state index in [9.17, 15) is 9.18 Å². The summed E-state index contributed by atoms with van der Waals surface area (Å²) in [5, 5.41) is 7.70. The van der Waals surface area contributed by atoms with Crippen LogP contribution in [-0.2, 0) is 11.2 Å². The molecule has 1 amide bonds. The van der Waals surface area contributed by atoms with Gasteiger partial charge in [0.25, 0.3) is 0 Å². The third-order valence-corrected chi connectivity index (χ3v) is 4.55. The summed E-state index contributed by atoms with van der Waals surface area (Å²) in [7, 11) is 0. The molecule has 26 heavy (non-hydrogen) atoms. The van der Waals surface area contributed by atoms with Crippen LogP contribution in [0.15, 0.2) is 53.2 Å². The average molecular weight is 368 g/mol. The number of nitrogens with zero attached hydrogens (tertiary/aromatic N) is 3. The fraction of sp³-hybridized carbons (Fsp3) is 0.111. The molecule has 4 aromatic rings. The first-order chi connectivity index (χ1) is 12.7. The first-order valence-electron chi connectivity index (χ1n) is 7.90. The van der Waals surface area contributed by atoms with Gasteiger partial charge in [-0.2, -0.15) is 9.36 Å². The summed E-state index contributed by atoms with van der Waals surface area (Å²) in [6.07, 6.45) is 2.30. The molecule has 0 aliphatic rings. The number of halogens is 1. The van der Waals surface area contributed by atoms with E-state index in [0.717, 1.165) is 15.8 Å². The number of aryl methyl sites for hydroxylation is 1. The van der Waals surface area contributed by atoms with Crippen molar-refractivity contribution in [1.82, 2.24) is 14.5 Å². The molecule has 0 saturated heterocycles. The summed E-state index contributed by atoms with van der Waals surface area (Å²) in [6.45, 7) is 0. The van der Waals surface area contributed by atoms with E-state index in [4.69, 9.17) is 4.52 Å². The highest BCUT2D eigenvalue weighted by molar-refractivity contribution is 7.13. The van der Waals surface area contributed by atoms with Crippen molar-refractivity contribution in [1.29, 1.82) is 0 Å². The Morgan fingerprint density at radius 1 is 1.19 bits per heavy atom. The second-order valence-electron chi connectivity index (χ2n) is 5.65. The molecule has 4 rings (SSSR count). The lowest BCUT2D eigenvalue weighted by Gasteiger charge is -2.03. The van der Waals surface area contributed by atoms with Gasteiger partial charge in [0.1, 0.15) is 5.82 Å². The maximum atomic E-state index is 13.0. The van der Waals surface area contributed by atoms with Gasteiger partial charge in [-0.15, -0.1) is 0 Å². The first kappa shape index (κ1) is 16.3. The zero-order chi connectivity index (χ0) is 17.9. The Balaban J connectivity index is 1.36. The maximum Gasteiger partial charge on any atom is 0.227 e. The average Bonchev–Trinajstić information content (AvgIpc) is 3.29. The lowest BCUT2D eigenvalue weighted by Crippen LogP contribution is -2.12. The van der Waals surface area contributed by atoms with Crippen LogP contribution in [0.25, 0.3) is 21.5 Å². The van der Waals surface area contributed by atoms with Crippen LogP contribution < -0.4 is 5.32 Å². The number of carbonyl (C=O) groups excluding carboxylic acids is 1. The highest BCUT2D eigenvalue weighted by atomic mass is 32.1. The predicted molar refractivity (Wildman–Crippen MR) is 96.3 cm³/mol. The first-order valence-corrected chi connectivity index (χ1v) is 8.67. The van der Waals surface area contributed by atoms with Crippen molar-refractivity contribution in [3.05, 3.63) is 60.4 Å². The van der Waals surface area contributed by atoms with E-state index in [1.165, 1.54) is 23.7 Å². The van der Waals surface area contributed by atoms with E-state index in [0.29, 0.717) is 23.7 Å². The number of carbonyl (C=O) groups is 1. The third kappa shape index (κ3) is 3.60. The van der Waals surface area contributed by atoms with E-state index in [1.54, 1.807) is 18.3 Å². The van der Waals surface area contributed by atoms with Crippen molar-refractivity contribution in [2.24, 2.45) is 0 Å². The van der Waals surface area contributed by atoms with Gasteiger partial charge >= 0.3 is 0 Å². The number of rotatable bonds is 5. The van der Waals surface area contributed by atoms with Crippen LogP contribution in [0.3, 0.4) is 0 Å². The van der Waals surface area contributed by atoms with Gasteiger partial charge in [0.15, 0.2) is 0 Å². The van der Waals surface area contributed by atoms with Crippen molar-refractivity contribution in [3.63, 3.8) is 0 Å². The molecule has 6 nitrogen and oxygen atoms in total. The van der Waals surface area contributed by atoms with E-state index >= 15 is 0 Å². The van der Waals surface area contributed by atoms with Gasteiger partial charge in [-0.05, 0) is 54.0 Å². The second kappa shape index (κ2) is 7.01. The normalized spacial score (nSPS) is 11.0. The lowest BCUT2D eigenvalue weighted by atomic mass is 10.2. The molecule has 1 N–H and O–H groups in total. The summed E-state index contributed by atoms with van der Waals surface area (Å²) >= 11 is 1.41. The Hall–Kier alpha value is -3.13. The van der Waals surface area contributed by atoms with Gasteiger partial charge in [0.05, 0.1) is 4.70 Å². The number of fused-ring (bicyclic) bond motifs is 1. The zero-order valence-corrected chi connectivity index (χ0v) is 14.3. The SMILES string of the molecule is O=C(CCc1nc(-c2ccc(F)cc2)no1)Nc1ccc2sncc2c1. The van der Waals surface area contributed by atoms with Gasteiger partial charge in [0, 0.05) is 35.7 Å². The molecule has 0 atom stereocenters. The van der Waals surface area contributed by atoms with Crippen LogP contribution in [0.1, 0.15) is 12.3 Å². The third-order valence-electron chi connectivity index (χ3n) is 3.77. The molecule has 2 aromatic heterocycles. The minimum Gasteiger partial charge on any atom is -0.339 e. The van der Waals surface area contributed by atoms with Gasteiger partial charge < -0.3 is 9.84 Å². The Morgan fingerprint density at radius 3 is 2.88 bits per heavy atom. The van der Waals surface area contributed by atoms with Gasteiger partial charge in [0.2, 0.25) is 17.6 Å². The molecule has 0 radical (unpaired) electrons. The molecule has 0 aliphatic heterocycles. The van der Waals surface area contributed by atoms with E-state index in [2.05, 4.69) is 19.8 Å². The Labute approximate surface area is 151 Å². The molecule has 8 heteroatoms. The molecule has 130 valence electrons. The molecule has 2 aromatic carbocycles. The summed E-state index contributed by atoms with van der Waals surface area (Å²) in [5.74, 6) is 0.257. The van der Waals surface area contributed by atoms with Crippen LogP contribution in [0.4, 0.5) is 10.1 Å². The molecule has 0 fully saturated rings. The largest absolute Gasteiger partial charge is 0.339 e. The van der Waals surface area contributed by atoms with Crippen LogP contribution in [-0.4, -0.2) is 20.4 Å². The second-order valence-corrected chi connectivity index (χ2v) is 6.48. The molecular formula is C18H13FN4O2S. The summed E-state index contributed by atoms with van der Waals surface area (Å²) in [5.41, 5.74) is 1.38. The van der Waals surface area contributed by atoms with Gasteiger partial charge in [-0.25, -0.2) is 4.39 Å². The van der Waals surface area contributed by atoms with Crippen LogP contribution in [0.5, 0.6) is 0 Å². The summed E-state index contributed by atoms with van der Waals surface area (Å²) in [4.78, 5) is 16.4. The predicted octanol–water partition coefficient (Wildman–Crippen LogP) is 4.06. The lowest BCUT2D eigenvalue weighted by molar-refractivity contribution is -0.116. The van der Waals surface area contributed by atoms with Crippen molar-refractivity contribution in [2.75, 3.05) is 5.32 Å². The Bertz CT molecular complexity index is 1060. The van der Waals surface area contributed by atoms with Crippen molar-refractivity contribution >= 4 is 33.2 Å². The van der Waals surface area contributed by atoms with Crippen LogP contribution in [0.2, 0.25) is 0 Å². The monoisotopic (exact) mass is 368 g/mol. The summed E-state index contributed by atoms with van der Waals surface area (Å²) in [6, 6.07) is 11.5. The summed E-state index contributed by atoms with van der Waals surface area (Å²) < 4.78 is 23.3. The number of anilines is 1. The van der Waals surface area contributed by atoms with Gasteiger partial charge in [-0.1, -0.05) is 5.16 Å². The fourth-order valence-corrected chi connectivity index (χ4v) is 3.09. The highest BCUT2D eigenvalue weighted by Gasteiger charge is 2.11. The van der Waals surface area contributed by atoms with Crippen molar-refractivity contribution in [2.45, 2.75) is 12.8 Å². The van der Waals surface area contributed by atoms with Gasteiger partial charge in [-0.3, -0.25) is 4.79 Å². The van der Waals surface area contributed by atoms with Crippen molar-refractivity contribution < 1.29 is 13.7 Å². The molecule has 0 saturated carbocycles. The molecule has 0 spiro atoms. The molecular weight excluding hydrogens is 355 g/mol. The Morgan fingerprint density at radius 2 is 2.04 bits per heavy atom. The number of aromatic nitrogens is 3. The maximum absolute atomic E-state index is 13.0. The number of amides is 1. The quantitative estimate of drug-likeness (QED) is 0.575. The van der Waals surface area contributed by atoms with Crippen LogP contribution >= 0.6 is 11.5 Å². The molecule has 0 bridgehead atoms. The number of nitrogens with one attached hydrogen (secondary N) is 1. The Kier molecular flexibility index (Phi) is 4.40. The molecule has 0 unspecified atom stereocenters. The van der Waals surface area contributed by atoms with Crippen LogP contribution in [0, 0.1) is 5.82 Å². The standard InChI is InChI=1S/C18H13FN4O2S/c19-13-3-1-11(2-4-13)18-22-17(25-23-18)8-7-16(24)21-14-5-6-15-12(9-14)10-20-26-15/h1-6,9-10H,7-8H2,(H,21,24). The number of hydrogen-bond acceptors (Lipinski definition) is 6. The van der Waals surface area contributed by atoms with E-state index in [-0.39, 0.29) is 18.1 Å². The topological polar surface area (TPSA) is 80.9 Å². The highest BCUT2D eigenvalue weighted by Crippen LogP contribution is 2.22. The van der Waals surface area contributed by atoms with E-state index in [1.807, 2.05) is 18.2 Å².